The van der Waals surface area contributed by atoms with Crippen molar-refractivity contribution in [2.24, 2.45) is 0 Å². The Balaban J connectivity index is 2.11. The third-order valence-electron chi connectivity index (χ3n) is 2.01. The molecule has 2 N–H and O–H groups in total. The van der Waals surface area contributed by atoms with Crippen molar-refractivity contribution in [3.05, 3.63) is 28.8 Å². The number of anilines is 1. The molecule has 102 valence electrons. The summed E-state index contributed by atoms with van der Waals surface area (Å²) in [6.45, 7) is -2.87. The molecular weight excluding hydrogens is 316 g/mol. The third kappa shape index (κ3) is 4.19. The number of thioether (sulfide) groups is 1. The average molecular weight is 324 g/mol. The lowest BCUT2D eigenvalue weighted by Gasteiger charge is -2.10. The number of halogens is 3. The smallest absolute Gasteiger partial charge is 0.387 e. The van der Waals surface area contributed by atoms with E-state index in [0.29, 0.717) is 25.8 Å². The highest BCUT2D eigenvalue weighted by Crippen LogP contribution is 2.32. The van der Waals surface area contributed by atoms with Gasteiger partial charge < -0.3 is 10.5 Å². The second-order valence-corrected chi connectivity index (χ2v) is 5.99. The largest absolute Gasteiger partial charge is 0.435 e. The Hall–Kier alpha value is -1.12. The Morgan fingerprint density at radius 3 is 2.84 bits per heavy atom. The minimum atomic E-state index is -2.87. The van der Waals surface area contributed by atoms with Gasteiger partial charge in [-0.05, 0) is 18.2 Å². The molecule has 2 rings (SSSR count). The van der Waals surface area contributed by atoms with Gasteiger partial charge in [-0.1, -0.05) is 34.7 Å². The SMILES string of the molecule is Nc1nnc(SCc2cc(Cl)ccc2OC(F)F)s1. The summed E-state index contributed by atoms with van der Waals surface area (Å²) in [6.07, 6.45) is 0. The van der Waals surface area contributed by atoms with Gasteiger partial charge in [0.2, 0.25) is 5.13 Å². The van der Waals surface area contributed by atoms with Crippen molar-refractivity contribution in [3.63, 3.8) is 0 Å². The number of ether oxygens (including phenoxy) is 1. The topological polar surface area (TPSA) is 61.0 Å². The van der Waals surface area contributed by atoms with Crippen LogP contribution in [0.4, 0.5) is 13.9 Å². The summed E-state index contributed by atoms with van der Waals surface area (Å²) < 4.78 is 29.6. The maximum atomic E-state index is 12.3. The highest BCUT2D eigenvalue weighted by molar-refractivity contribution is 8.00. The van der Waals surface area contributed by atoms with Gasteiger partial charge in [0.05, 0.1) is 0 Å². The monoisotopic (exact) mass is 323 g/mol. The lowest BCUT2D eigenvalue weighted by Crippen LogP contribution is -2.04. The van der Waals surface area contributed by atoms with Crippen LogP contribution in [0.1, 0.15) is 5.56 Å². The maximum absolute atomic E-state index is 12.3. The van der Waals surface area contributed by atoms with E-state index in [1.54, 1.807) is 6.07 Å². The Kier molecular flexibility index (Phi) is 4.78. The summed E-state index contributed by atoms with van der Waals surface area (Å²) in [5, 5.41) is 8.31. The van der Waals surface area contributed by atoms with Crippen LogP contribution in [-0.2, 0) is 5.75 Å². The molecule has 0 radical (unpaired) electrons. The first kappa shape index (κ1) is 14.3. The molecular formula is C10H8ClF2N3OS2. The predicted molar refractivity (Wildman–Crippen MR) is 72.0 cm³/mol. The molecule has 0 saturated heterocycles. The molecule has 0 aliphatic carbocycles. The minimum absolute atomic E-state index is 0.101. The van der Waals surface area contributed by atoms with Crippen LogP contribution in [0.15, 0.2) is 22.5 Å². The van der Waals surface area contributed by atoms with E-state index in [9.17, 15) is 8.78 Å². The van der Waals surface area contributed by atoms with Gasteiger partial charge >= 0.3 is 6.61 Å². The number of alkyl halides is 2. The third-order valence-corrected chi connectivity index (χ3v) is 4.18. The number of nitrogen functional groups attached to an aromatic ring is 1. The molecule has 0 saturated carbocycles. The zero-order valence-corrected chi connectivity index (χ0v) is 11.7. The number of benzene rings is 1. The van der Waals surface area contributed by atoms with Crippen LogP contribution in [0, 0.1) is 0 Å². The lowest BCUT2D eigenvalue weighted by molar-refractivity contribution is -0.0503. The van der Waals surface area contributed by atoms with Gasteiger partial charge in [0.25, 0.3) is 0 Å². The Labute approximate surface area is 120 Å². The fraction of sp³-hybridized carbons (Fsp3) is 0.200. The van der Waals surface area contributed by atoms with Crippen molar-refractivity contribution in [2.75, 3.05) is 5.73 Å². The first-order valence-corrected chi connectivity index (χ1v) is 7.17. The quantitative estimate of drug-likeness (QED) is 0.851. The summed E-state index contributed by atoms with van der Waals surface area (Å²) in [5.74, 6) is 0.487. The molecule has 19 heavy (non-hydrogen) atoms. The fourth-order valence-corrected chi connectivity index (χ4v) is 3.10. The van der Waals surface area contributed by atoms with E-state index in [-0.39, 0.29) is 5.75 Å². The van der Waals surface area contributed by atoms with Crippen LogP contribution < -0.4 is 10.5 Å². The average Bonchev–Trinajstić information content (AvgIpc) is 2.75. The summed E-state index contributed by atoms with van der Waals surface area (Å²) in [6, 6.07) is 4.49. The van der Waals surface area contributed by atoms with E-state index in [1.165, 1.54) is 35.2 Å². The van der Waals surface area contributed by atoms with Crippen molar-refractivity contribution in [1.82, 2.24) is 10.2 Å². The van der Waals surface area contributed by atoms with Crippen molar-refractivity contribution < 1.29 is 13.5 Å². The van der Waals surface area contributed by atoms with E-state index in [1.807, 2.05) is 0 Å². The van der Waals surface area contributed by atoms with Crippen molar-refractivity contribution >= 4 is 39.8 Å². The zero-order chi connectivity index (χ0) is 13.8. The van der Waals surface area contributed by atoms with Gasteiger partial charge in [0.15, 0.2) is 4.34 Å². The number of hydrogen-bond acceptors (Lipinski definition) is 6. The molecule has 0 fully saturated rings. The van der Waals surface area contributed by atoms with E-state index >= 15 is 0 Å². The number of nitrogens with two attached hydrogens (primary N) is 1. The molecule has 0 unspecified atom stereocenters. The summed E-state index contributed by atoms with van der Waals surface area (Å²) >= 11 is 8.39. The molecule has 1 aromatic heterocycles. The normalized spacial score (nSPS) is 10.9. The van der Waals surface area contributed by atoms with E-state index in [2.05, 4.69) is 14.9 Å². The minimum Gasteiger partial charge on any atom is -0.435 e. The zero-order valence-electron chi connectivity index (χ0n) is 9.35. The van der Waals surface area contributed by atoms with Gasteiger partial charge in [-0.3, -0.25) is 0 Å². The number of hydrogen-bond donors (Lipinski definition) is 1. The molecule has 2 aromatic rings. The van der Waals surface area contributed by atoms with Crippen LogP contribution in [0.25, 0.3) is 0 Å². The van der Waals surface area contributed by atoms with E-state index < -0.39 is 6.61 Å². The lowest BCUT2D eigenvalue weighted by atomic mass is 10.2. The summed E-state index contributed by atoms with van der Waals surface area (Å²) in [7, 11) is 0. The van der Waals surface area contributed by atoms with Gasteiger partial charge in [0, 0.05) is 16.3 Å². The van der Waals surface area contributed by atoms with Gasteiger partial charge in [-0.2, -0.15) is 8.78 Å². The Morgan fingerprint density at radius 2 is 2.21 bits per heavy atom. The highest BCUT2D eigenvalue weighted by Gasteiger charge is 2.12. The van der Waals surface area contributed by atoms with Gasteiger partial charge in [0.1, 0.15) is 5.75 Å². The fourth-order valence-electron chi connectivity index (χ4n) is 1.29. The van der Waals surface area contributed by atoms with Crippen molar-refractivity contribution in [3.8, 4) is 5.75 Å². The van der Waals surface area contributed by atoms with Gasteiger partial charge in [-0.15, -0.1) is 10.2 Å². The molecule has 0 aliphatic rings. The summed E-state index contributed by atoms with van der Waals surface area (Å²) in [4.78, 5) is 0. The van der Waals surface area contributed by atoms with Crippen molar-refractivity contribution in [1.29, 1.82) is 0 Å². The van der Waals surface area contributed by atoms with Crippen LogP contribution in [0.3, 0.4) is 0 Å². The molecule has 0 spiro atoms. The van der Waals surface area contributed by atoms with E-state index in [0.717, 1.165) is 0 Å². The van der Waals surface area contributed by atoms with Crippen LogP contribution in [0.2, 0.25) is 5.02 Å². The molecule has 0 bridgehead atoms. The van der Waals surface area contributed by atoms with E-state index in [4.69, 9.17) is 17.3 Å². The standard InChI is InChI=1S/C10H8ClF2N3OS2/c11-6-1-2-7(17-8(12)13)5(3-6)4-18-10-16-15-9(14)19-10/h1-3,8H,4H2,(H2,14,15). The van der Waals surface area contributed by atoms with Gasteiger partial charge in [-0.25, -0.2) is 0 Å². The number of rotatable bonds is 5. The highest BCUT2D eigenvalue weighted by atomic mass is 35.5. The molecule has 9 heteroatoms. The first-order valence-electron chi connectivity index (χ1n) is 4.99. The van der Waals surface area contributed by atoms with Crippen LogP contribution in [-0.4, -0.2) is 16.8 Å². The maximum Gasteiger partial charge on any atom is 0.387 e. The second kappa shape index (κ2) is 6.36. The Bertz CT molecular complexity index is 567. The predicted octanol–water partition coefficient (Wildman–Crippen LogP) is 3.67. The molecule has 4 nitrogen and oxygen atoms in total. The number of aromatic nitrogens is 2. The summed E-state index contributed by atoms with van der Waals surface area (Å²) in [5.41, 5.74) is 6.02. The molecule has 1 heterocycles. The number of nitrogens with zero attached hydrogens (tertiary/aromatic N) is 2. The van der Waals surface area contributed by atoms with Crippen LogP contribution >= 0.6 is 34.7 Å². The molecule has 0 amide bonds. The van der Waals surface area contributed by atoms with Crippen LogP contribution in [0.5, 0.6) is 5.75 Å². The molecule has 0 atom stereocenters. The second-order valence-electron chi connectivity index (χ2n) is 3.33. The van der Waals surface area contributed by atoms with Crippen molar-refractivity contribution in [2.45, 2.75) is 16.7 Å². The first-order chi connectivity index (χ1) is 9.04. The Morgan fingerprint density at radius 1 is 1.42 bits per heavy atom. The molecule has 1 aromatic carbocycles. The molecule has 0 aliphatic heterocycles.